The first-order valence-corrected chi connectivity index (χ1v) is 6.58. The molecule has 0 amide bonds. The van der Waals surface area contributed by atoms with E-state index in [2.05, 4.69) is 50.4 Å². The van der Waals surface area contributed by atoms with Crippen molar-refractivity contribution in [3.63, 3.8) is 0 Å². The molecule has 17 heavy (non-hydrogen) atoms. The minimum Gasteiger partial charge on any atom is -0.396 e. The van der Waals surface area contributed by atoms with Crippen molar-refractivity contribution in [2.45, 2.75) is 39.3 Å². The lowest BCUT2D eigenvalue weighted by atomic mass is 9.98. The smallest absolute Gasteiger partial charge is 0.0471 e. The van der Waals surface area contributed by atoms with Crippen molar-refractivity contribution >= 4 is 0 Å². The van der Waals surface area contributed by atoms with E-state index in [1.165, 1.54) is 11.1 Å². The zero-order valence-electron chi connectivity index (χ0n) is 11.0. The second kappa shape index (κ2) is 5.19. The van der Waals surface area contributed by atoms with Crippen LogP contribution >= 0.6 is 0 Å². The number of benzene rings is 1. The molecule has 2 nitrogen and oxygen atoms in total. The van der Waals surface area contributed by atoms with E-state index in [0.29, 0.717) is 23.9 Å². The minimum absolute atomic E-state index is 0.247. The largest absolute Gasteiger partial charge is 0.396 e. The molecule has 0 spiro atoms. The summed E-state index contributed by atoms with van der Waals surface area (Å²) in [5.41, 5.74) is 2.92. The Balaban J connectivity index is 2.11. The van der Waals surface area contributed by atoms with E-state index in [1.807, 2.05) is 0 Å². The van der Waals surface area contributed by atoms with E-state index in [4.69, 9.17) is 0 Å². The van der Waals surface area contributed by atoms with Crippen LogP contribution in [0.1, 0.15) is 37.9 Å². The lowest BCUT2D eigenvalue weighted by molar-refractivity contribution is 0.195. The molecule has 4 unspecified atom stereocenters. The summed E-state index contributed by atoms with van der Waals surface area (Å²) >= 11 is 0. The van der Waals surface area contributed by atoms with Crippen molar-refractivity contribution in [3.05, 3.63) is 35.4 Å². The third-order valence-electron chi connectivity index (χ3n) is 4.09. The average molecular weight is 233 g/mol. The zero-order valence-corrected chi connectivity index (χ0v) is 11.0. The molecule has 0 saturated heterocycles. The van der Waals surface area contributed by atoms with Gasteiger partial charge in [-0.3, -0.25) is 0 Å². The highest BCUT2D eigenvalue weighted by Gasteiger charge is 2.30. The molecule has 1 aromatic carbocycles. The Morgan fingerprint density at radius 1 is 1.35 bits per heavy atom. The first-order valence-electron chi connectivity index (χ1n) is 6.58. The van der Waals surface area contributed by atoms with Gasteiger partial charge in [-0.1, -0.05) is 38.1 Å². The summed E-state index contributed by atoms with van der Waals surface area (Å²) in [6.07, 6.45) is 1.16. The van der Waals surface area contributed by atoms with Crippen LogP contribution in [0.3, 0.4) is 0 Å². The highest BCUT2D eigenvalue weighted by atomic mass is 16.3. The lowest BCUT2D eigenvalue weighted by Crippen LogP contribution is -2.38. The maximum atomic E-state index is 9.20. The first-order chi connectivity index (χ1) is 8.13. The van der Waals surface area contributed by atoms with E-state index >= 15 is 0 Å². The van der Waals surface area contributed by atoms with Crippen LogP contribution in [0.5, 0.6) is 0 Å². The molecule has 0 fully saturated rings. The van der Waals surface area contributed by atoms with E-state index in [0.717, 1.165) is 6.42 Å². The highest BCUT2D eigenvalue weighted by Crippen LogP contribution is 2.36. The van der Waals surface area contributed by atoms with Crippen LogP contribution in [0, 0.1) is 11.8 Å². The number of rotatable bonds is 4. The fraction of sp³-hybridized carbons (Fsp3) is 0.600. The van der Waals surface area contributed by atoms with E-state index in [1.54, 1.807) is 0 Å². The molecule has 0 heterocycles. The van der Waals surface area contributed by atoms with Gasteiger partial charge in [-0.2, -0.15) is 0 Å². The van der Waals surface area contributed by atoms with Gasteiger partial charge < -0.3 is 10.4 Å². The minimum atomic E-state index is 0.247. The molecule has 2 rings (SSSR count). The highest BCUT2D eigenvalue weighted by molar-refractivity contribution is 5.35. The van der Waals surface area contributed by atoms with Gasteiger partial charge in [0.2, 0.25) is 0 Å². The van der Waals surface area contributed by atoms with Gasteiger partial charge in [-0.15, -0.1) is 0 Å². The van der Waals surface area contributed by atoms with Crippen molar-refractivity contribution in [2.75, 3.05) is 6.61 Å². The fourth-order valence-corrected chi connectivity index (χ4v) is 2.65. The molecule has 0 saturated carbocycles. The normalized spacial score (nSPS) is 26.6. The quantitative estimate of drug-likeness (QED) is 0.837. The number of aliphatic hydroxyl groups excluding tert-OH is 1. The van der Waals surface area contributed by atoms with Gasteiger partial charge in [0.05, 0.1) is 0 Å². The summed E-state index contributed by atoms with van der Waals surface area (Å²) in [5.74, 6) is 0.940. The Morgan fingerprint density at radius 3 is 2.76 bits per heavy atom. The Bertz CT molecular complexity index is 377. The topological polar surface area (TPSA) is 32.3 Å². The SMILES string of the molecule is CC(CO)C(C)NC1c2ccccc2CC1C. The van der Waals surface area contributed by atoms with Gasteiger partial charge in [-0.05, 0) is 36.3 Å². The number of hydrogen-bond acceptors (Lipinski definition) is 2. The van der Waals surface area contributed by atoms with Crippen LogP contribution in [0.2, 0.25) is 0 Å². The Kier molecular flexibility index (Phi) is 3.85. The van der Waals surface area contributed by atoms with Gasteiger partial charge in [0.1, 0.15) is 0 Å². The fourth-order valence-electron chi connectivity index (χ4n) is 2.65. The molecule has 0 bridgehead atoms. The van der Waals surface area contributed by atoms with Gasteiger partial charge in [0.15, 0.2) is 0 Å². The van der Waals surface area contributed by atoms with Crippen molar-refractivity contribution in [1.82, 2.24) is 5.32 Å². The van der Waals surface area contributed by atoms with E-state index in [9.17, 15) is 5.11 Å². The number of hydrogen-bond donors (Lipinski definition) is 2. The summed E-state index contributed by atoms with van der Waals surface area (Å²) < 4.78 is 0. The van der Waals surface area contributed by atoms with E-state index in [-0.39, 0.29) is 6.61 Å². The summed E-state index contributed by atoms with van der Waals surface area (Å²) in [5, 5.41) is 12.9. The first kappa shape index (κ1) is 12.6. The molecule has 1 aromatic rings. The van der Waals surface area contributed by atoms with Crippen LogP contribution in [0.25, 0.3) is 0 Å². The summed E-state index contributed by atoms with van der Waals surface area (Å²) in [6, 6.07) is 9.48. The molecule has 1 aliphatic carbocycles. The summed E-state index contributed by atoms with van der Waals surface area (Å²) in [4.78, 5) is 0. The lowest BCUT2D eigenvalue weighted by Gasteiger charge is -2.27. The maximum absolute atomic E-state index is 9.20. The van der Waals surface area contributed by atoms with Crippen molar-refractivity contribution < 1.29 is 5.11 Å². The van der Waals surface area contributed by atoms with Gasteiger partial charge in [0, 0.05) is 18.7 Å². The summed E-state index contributed by atoms with van der Waals surface area (Å²) in [7, 11) is 0. The Labute approximate surface area is 104 Å². The zero-order chi connectivity index (χ0) is 12.4. The van der Waals surface area contributed by atoms with Gasteiger partial charge >= 0.3 is 0 Å². The second-order valence-corrected chi connectivity index (χ2v) is 5.47. The number of nitrogens with one attached hydrogen (secondary N) is 1. The molecule has 0 aromatic heterocycles. The molecule has 94 valence electrons. The Morgan fingerprint density at radius 2 is 2.06 bits per heavy atom. The maximum Gasteiger partial charge on any atom is 0.0471 e. The monoisotopic (exact) mass is 233 g/mol. The predicted octanol–water partition coefficient (Wildman–Crippen LogP) is 2.53. The molecule has 2 heteroatoms. The van der Waals surface area contributed by atoms with Crippen molar-refractivity contribution in [1.29, 1.82) is 0 Å². The third kappa shape index (κ3) is 2.53. The number of aliphatic hydroxyl groups is 1. The van der Waals surface area contributed by atoms with Crippen LogP contribution < -0.4 is 5.32 Å². The standard InChI is InChI=1S/C15H23NO/c1-10-8-13-6-4-5-7-14(13)15(10)16-12(3)11(2)9-17/h4-7,10-12,15-17H,8-9H2,1-3H3. The Hall–Kier alpha value is -0.860. The average Bonchev–Trinajstić information content (AvgIpc) is 2.65. The predicted molar refractivity (Wildman–Crippen MR) is 70.9 cm³/mol. The van der Waals surface area contributed by atoms with Gasteiger partial charge in [-0.25, -0.2) is 0 Å². The number of fused-ring (bicyclic) bond motifs is 1. The molecule has 1 aliphatic rings. The molecular formula is C15H23NO. The molecule has 2 N–H and O–H groups in total. The van der Waals surface area contributed by atoms with Crippen molar-refractivity contribution in [3.8, 4) is 0 Å². The third-order valence-corrected chi connectivity index (χ3v) is 4.09. The van der Waals surface area contributed by atoms with Gasteiger partial charge in [0.25, 0.3) is 0 Å². The molecule has 4 atom stereocenters. The van der Waals surface area contributed by atoms with Crippen LogP contribution in [-0.4, -0.2) is 17.8 Å². The second-order valence-electron chi connectivity index (χ2n) is 5.47. The van der Waals surface area contributed by atoms with Crippen LogP contribution in [0.4, 0.5) is 0 Å². The van der Waals surface area contributed by atoms with Crippen LogP contribution in [0.15, 0.2) is 24.3 Å². The summed E-state index contributed by atoms with van der Waals surface area (Å²) in [6.45, 7) is 6.79. The molecule has 0 radical (unpaired) electrons. The van der Waals surface area contributed by atoms with Crippen LogP contribution in [-0.2, 0) is 6.42 Å². The molecule has 0 aliphatic heterocycles. The molecular weight excluding hydrogens is 210 g/mol. The van der Waals surface area contributed by atoms with Crippen molar-refractivity contribution in [2.24, 2.45) is 11.8 Å². The van der Waals surface area contributed by atoms with E-state index < -0.39 is 0 Å².